The maximum atomic E-state index is 13.2. The molecule has 1 aromatic heterocycles. The van der Waals surface area contributed by atoms with Crippen LogP contribution in [-0.4, -0.2) is 47.4 Å². The summed E-state index contributed by atoms with van der Waals surface area (Å²) in [7, 11) is 1.95. The van der Waals surface area contributed by atoms with E-state index in [0.717, 1.165) is 41.3 Å². The first-order valence-electron chi connectivity index (χ1n) is 11.0. The van der Waals surface area contributed by atoms with Gasteiger partial charge in [-0.25, -0.2) is 4.98 Å². The molecule has 1 saturated heterocycles. The number of nitrogen functional groups attached to an aromatic ring is 1. The predicted octanol–water partition coefficient (Wildman–Crippen LogP) is 2.25. The quantitative estimate of drug-likeness (QED) is 0.533. The van der Waals surface area contributed by atoms with Crippen molar-refractivity contribution in [2.75, 3.05) is 19.3 Å². The molecular weight excluding hydrogens is 402 g/mol. The largest absolute Gasteiger partial charge is 0.384 e. The first kappa shape index (κ1) is 21.8. The Bertz CT molecular complexity index is 1090. The van der Waals surface area contributed by atoms with Gasteiger partial charge >= 0.3 is 0 Å². The second-order valence-electron chi connectivity index (χ2n) is 8.35. The van der Waals surface area contributed by atoms with Crippen molar-refractivity contribution in [3.05, 3.63) is 71.9 Å². The van der Waals surface area contributed by atoms with Gasteiger partial charge in [-0.05, 0) is 54.4 Å². The minimum atomic E-state index is -0.677. The van der Waals surface area contributed by atoms with Crippen LogP contribution in [0.5, 0.6) is 0 Å². The van der Waals surface area contributed by atoms with Gasteiger partial charge in [-0.2, -0.15) is 0 Å². The summed E-state index contributed by atoms with van der Waals surface area (Å²) < 4.78 is 0. The Labute approximate surface area is 188 Å². The van der Waals surface area contributed by atoms with Crippen LogP contribution in [0.1, 0.15) is 24.0 Å². The Morgan fingerprint density at radius 1 is 1.16 bits per heavy atom. The van der Waals surface area contributed by atoms with E-state index in [1.807, 2.05) is 60.5 Å². The fraction of sp³-hybridized carbons (Fsp3) is 0.320. The van der Waals surface area contributed by atoms with E-state index in [4.69, 9.17) is 5.73 Å². The number of nitrogens with zero attached hydrogens (tertiary/aromatic N) is 2. The van der Waals surface area contributed by atoms with Crippen LogP contribution in [0.2, 0.25) is 0 Å². The van der Waals surface area contributed by atoms with Crippen LogP contribution < -0.4 is 16.4 Å². The number of benzene rings is 2. The lowest BCUT2D eigenvalue weighted by atomic mass is 9.98. The molecule has 7 heteroatoms. The lowest BCUT2D eigenvalue weighted by Gasteiger charge is -2.24. The van der Waals surface area contributed by atoms with Crippen LogP contribution in [0.25, 0.3) is 10.8 Å². The SMILES string of the molecule is CN1CCC[C@@H]1C(=O)N[C@@H](Cc1cccc2ccccc12)C(=O)NCc1ccc(N)nc1. The number of carbonyl (C=O) groups excluding carboxylic acids is 2. The summed E-state index contributed by atoms with van der Waals surface area (Å²) in [6, 6.07) is 16.8. The molecule has 3 aromatic rings. The van der Waals surface area contributed by atoms with Gasteiger partial charge in [-0.1, -0.05) is 48.5 Å². The highest BCUT2D eigenvalue weighted by Gasteiger charge is 2.31. The van der Waals surface area contributed by atoms with Crippen LogP contribution in [0, 0.1) is 0 Å². The fourth-order valence-electron chi connectivity index (χ4n) is 4.26. The third-order valence-corrected chi connectivity index (χ3v) is 6.07. The number of anilines is 1. The molecule has 2 heterocycles. The van der Waals surface area contributed by atoms with E-state index in [1.165, 1.54) is 0 Å². The lowest BCUT2D eigenvalue weighted by Crippen LogP contribution is -2.52. The van der Waals surface area contributed by atoms with Gasteiger partial charge in [0.2, 0.25) is 11.8 Å². The second-order valence-corrected chi connectivity index (χ2v) is 8.35. The molecule has 0 aliphatic carbocycles. The van der Waals surface area contributed by atoms with Gasteiger partial charge in [0.1, 0.15) is 11.9 Å². The monoisotopic (exact) mass is 431 g/mol. The molecule has 0 spiro atoms. The number of carbonyl (C=O) groups is 2. The normalized spacial score (nSPS) is 17.2. The lowest BCUT2D eigenvalue weighted by molar-refractivity contribution is -0.131. The Morgan fingerprint density at radius 2 is 1.97 bits per heavy atom. The molecule has 32 heavy (non-hydrogen) atoms. The van der Waals surface area contributed by atoms with E-state index >= 15 is 0 Å². The molecule has 4 N–H and O–H groups in total. The summed E-state index contributed by atoms with van der Waals surface area (Å²) in [5, 5.41) is 8.16. The predicted molar refractivity (Wildman–Crippen MR) is 126 cm³/mol. The number of hydrogen-bond acceptors (Lipinski definition) is 5. The number of nitrogens with two attached hydrogens (primary N) is 1. The highest BCUT2D eigenvalue weighted by atomic mass is 16.2. The van der Waals surface area contributed by atoms with Gasteiger partial charge < -0.3 is 16.4 Å². The molecule has 0 unspecified atom stereocenters. The molecule has 2 aromatic carbocycles. The van der Waals surface area contributed by atoms with Crippen molar-refractivity contribution in [3.8, 4) is 0 Å². The number of likely N-dealkylation sites (N-methyl/N-ethyl adjacent to an activating group) is 1. The van der Waals surface area contributed by atoms with Crippen LogP contribution in [0.4, 0.5) is 5.82 Å². The topological polar surface area (TPSA) is 100 Å². The summed E-state index contributed by atoms with van der Waals surface area (Å²) in [6.45, 7) is 1.21. The Hall–Kier alpha value is -3.45. The molecular formula is C25H29N5O2. The summed E-state index contributed by atoms with van der Waals surface area (Å²) in [4.78, 5) is 32.3. The Balaban J connectivity index is 1.53. The molecule has 0 bridgehead atoms. The Kier molecular flexibility index (Phi) is 6.66. The molecule has 2 atom stereocenters. The van der Waals surface area contributed by atoms with Gasteiger partial charge in [-0.3, -0.25) is 14.5 Å². The van der Waals surface area contributed by atoms with Gasteiger partial charge in [0.25, 0.3) is 0 Å². The summed E-state index contributed by atoms with van der Waals surface area (Å²) in [5.41, 5.74) is 7.51. The number of aromatic nitrogens is 1. The van der Waals surface area contributed by atoms with E-state index in [0.29, 0.717) is 18.8 Å². The average molecular weight is 432 g/mol. The Morgan fingerprint density at radius 3 is 2.72 bits per heavy atom. The summed E-state index contributed by atoms with van der Waals surface area (Å²) >= 11 is 0. The molecule has 0 saturated carbocycles. The minimum Gasteiger partial charge on any atom is -0.384 e. The van der Waals surface area contributed by atoms with Gasteiger partial charge in [0, 0.05) is 19.2 Å². The van der Waals surface area contributed by atoms with Crippen molar-refractivity contribution in [3.63, 3.8) is 0 Å². The number of likely N-dealkylation sites (tertiary alicyclic amines) is 1. The van der Waals surface area contributed by atoms with E-state index in [-0.39, 0.29) is 17.9 Å². The molecule has 166 valence electrons. The van der Waals surface area contributed by atoms with Crippen molar-refractivity contribution in [1.29, 1.82) is 0 Å². The number of rotatable bonds is 7. The summed E-state index contributed by atoms with van der Waals surface area (Å²) in [6.07, 6.45) is 3.84. The van der Waals surface area contributed by atoms with Crippen molar-refractivity contribution in [1.82, 2.24) is 20.5 Å². The molecule has 2 amide bonds. The molecule has 1 aliphatic rings. The van der Waals surface area contributed by atoms with Crippen LogP contribution in [-0.2, 0) is 22.6 Å². The van der Waals surface area contributed by atoms with Crippen LogP contribution >= 0.6 is 0 Å². The van der Waals surface area contributed by atoms with Crippen molar-refractivity contribution in [2.24, 2.45) is 0 Å². The summed E-state index contributed by atoms with van der Waals surface area (Å²) in [5.74, 6) is 0.116. The zero-order valence-corrected chi connectivity index (χ0v) is 18.3. The number of hydrogen-bond donors (Lipinski definition) is 3. The molecule has 7 nitrogen and oxygen atoms in total. The van der Waals surface area contributed by atoms with Gasteiger partial charge in [0.15, 0.2) is 0 Å². The smallest absolute Gasteiger partial charge is 0.243 e. The van der Waals surface area contributed by atoms with Gasteiger partial charge in [0.05, 0.1) is 6.04 Å². The first-order valence-corrected chi connectivity index (χ1v) is 11.0. The minimum absolute atomic E-state index is 0.0976. The van der Waals surface area contributed by atoms with E-state index in [2.05, 4.69) is 15.6 Å². The molecule has 1 fully saturated rings. The maximum absolute atomic E-state index is 13.2. The highest BCUT2D eigenvalue weighted by molar-refractivity contribution is 5.91. The highest BCUT2D eigenvalue weighted by Crippen LogP contribution is 2.21. The second kappa shape index (κ2) is 9.78. The third-order valence-electron chi connectivity index (χ3n) is 6.07. The van der Waals surface area contributed by atoms with Crippen molar-refractivity contribution < 1.29 is 9.59 Å². The van der Waals surface area contributed by atoms with Crippen molar-refractivity contribution >= 4 is 28.4 Å². The third kappa shape index (κ3) is 5.06. The van der Waals surface area contributed by atoms with Crippen molar-refractivity contribution in [2.45, 2.75) is 37.9 Å². The molecule has 0 radical (unpaired) electrons. The fourth-order valence-corrected chi connectivity index (χ4v) is 4.26. The van der Waals surface area contributed by atoms with E-state index < -0.39 is 6.04 Å². The number of fused-ring (bicyclic) bond motifs is 1. The standard InChI is InChI=1S/C25H29N5O2/c1-30-13-5-10-22(30)25(32)29-21(24(31)28-16-17-11-12-23(26)27-15-17)14-19-8-4-7-18-6-2-3-9-20(18)19/h2-4,6-9,11-12,15,21-22H,5,10,13-14,16H2,1H3,(H2,26,27)(H,28,31)(H,29,32)/t21-,22+/m0/s1. The molecule has 4 rings (SSSR count). The van der Waals surface area contributed by atoms with E-state index in [9.17, 15) is 9.59 Å². The number of amides is 2. The number of pyridine rings is 1. The molecule has 1 aliphatic heterocycles. The average Bonchev–Trinajstić information content (AvgIpc) is 3.24. The van der Waals surface area contributed by atoms with Crippen LogP contribution in [0.3, 0.4) is 0 Å². The van der Waals surface area contributed by atoms with E-state index in [1.54, 1.807) is 12.3 Å². The maximum Gasteiger partial charge on any atom is 0.243 e. The first-order chi connectivity index (χ1) is 15.5. The van der Waals surface area contributed by atoms with Gasteiger partial charge in [-0.15, -0.1) is 0 Å². The van der Waals surface area contributed by atoms with Crippen LogP contribution in [0.15, 0.2) is 60.8 Å². The zero-order chi connectivity index (χ0) is 22.5. The number of nitrogens with one attached hydrogen (secondary N) is 2. The zero-order valence-electron chi connectivity index (χ0n) is 18.3.